The second-order valence-electron chi connectivity index (χ2n) is 5.78. The van der Waals surface area contributed by atoms with Crippen molar-refractivity contribution < 1.29 is 4.79 Å². The van der Waals surface area contributed by atoms with E-state index in [2.05, 4.69) is 37.9 Å². The summed E-state index contributed by atoms with van der Waals surface area (Å²) in [6, 6.07) is 0.757. The molecule has 3 nitrogen and oxygen atoms in total. The number of carbonyl (C=O) groups is 1. The van der Waals surface area contributed by atoms with E-state index in [1.165, 1.54) is 0 Å². The highest BCUT2D eigenvalue weighted by Gasteiger charge is 2.54. The van der Waals surface area contributed by atoms with Gasteiger partial charge in [0.15, 0.2) is 0 Å². The minimum Gasteiger partial charge on any atom is -0.337 e. The summed E-state index contributed by atoms with van der Waals surface area (Å²) in [5.74, 6) is 0.690. The van der Waals surface area contributed by atoms with Gasteiger partial charge in [-0.3, -0.25) is 4.79 Å². The van der Waals surface area contributed by atoms with Gasteiger partial charge < -0.3 is 10.2 Å². The highest BCUT2D eigenvalue weighted by atomic mass is 16.2. The molecule has 4 atom stereocenters. The molecule has 0 aromatic carbocycles. The Morgan fingerprint density at radius 3 is 2.75 bits per heavy atom. The van der Waals surface area contributed by atoms with Crippen molar-refractivity contribution in [1.82, 2.24) is 10.2 Å². The first kappa shape index (κ1) is 11.9. The van der Waals surface area contributed by atoms with Gasteiger partial charge in [0, 0.05) is 31.1 Å². The topological polar surface area (TPSA) is 32.3 Å². The molecule has 1 saturated heterocycles. The largest absolute Gasteiger partial charge is 0.337 e. The Morgan fingerprint density at radius 2 is 2.19 bits per heavy atom. The first-order valence-electron chi connectivity index (χ1n) is 6.53. The Hall–Kier alpha value is -0.570. The molecule has 2 rings (SSSR count). The third-order valence-corrected chi connectivity index (χ3v) is 4.77. The lowest BCUT2D eigenvalue weighted by atomic mass is 10.0. The quantitative estimate of drug-likeness (QED) is 0.773. The fraction of sp³-hybridized carbons (Fsp3) is 0.923. The Balaban J connectivity index is 2.00. The predicted molar refractivity (Wildman–Crippen MR) is 65.1 cm³/mol. The van der Waals surface area contributed by atoms with Gasteiger partial charge in [-0.2, -0.15) is 0 Å². The maximum Gasteiger partial charge on any atom is 0.226 e. The van der Waals surface area contributed by atoms with Crippen LogP contribution in [0.5, 0.6) is 0 Å². The Bertz CT molecular complexity index is 292. The van der Waals surface area contributed by atoms with E-state index in [-0.39, 0.29) is 0 Å². The van der Waals surface area contributed by atoms with Crippen molar-refractivity contribution in [3.05, 3.63) is 0 Å². The Labute approximate surface area is 98.6 Å². The minimum atomic E-state index is 0.297. The zero-order valence-electron chi connectivity index (χ0n) is 10.9. The predicted octanol–water partition coefficient (Wildman–Crippen LogP) is 1.63. The zero-order chi connectivity index (χ0) is 11.9. The Kier molecular flexibility index (Phi) is 2.99. The van der Waals surface area contributed by atoms with Gasteiger partial charge in [0.2, 0.25) is 5.91 Å². The summed E-state index contributed by atoms with van der Waals surface area (Å²) in [6.45, 7) is 10.6. The fourth-order valence-corrected chi connectivity index (χ4v) is 2.75. The number of carbonyl (C=O) groups excluding carboxylic acids is 1. The van der Waals surface area contributed by atoms with Gasteiger partial charge >= 0.3 is 0 Å². The molecule has 0 radical (unpaired) electrons. The van der Waals surface area contributed by atoms with Crippen molar-refractivity contribution in [2.24, 2.45) is 11.3 Å². The SMILES string of the molecule is CCC1(C)CC1C(=O)N1CCNC(C)C1C. The van der Waals surface area contributed by atoms with Crippen molar-refractivity contribution in [3.63, 3.8) is 0 Å². The number of hydrogen-bond donors (Lipinski definition) is 1. The molecule has 16 heavy (non-hydrogen) atoms. The van der Waals surface area contributed by atoms with Crippen LogP contribution in [0, 0.1) is 11.3 Å². The molecule has 1 N–H and O–H groups in total. The van der Waals surface area contributed by atoms with Gasteiger partial charge in [0.05, 0.1) is 0 Å². The summed E-state index contributed by atoms with van der Waals surface area (Å²) in [5, 5.41) is 3.42. The van der Waals surface area contributed by atoms with Crippen molar-refractivity contribution in [2.45, 2.75) is 52.6 Å². The second kappa shape index (κ2) is 4.02. The lowest BCUT2D eigenvalue weighted by molar-refractivity contribution is -0.137. The molecule has 0 aromatic heterocycles. The monoisotopic (exact) mass is 224 g/mol. The molecule has 2 fully saturated rings. The highest BCUT2D eigenvalue weighted by molar-refractivity contribution is 5.83. The minimum absolute atomic E-state index is 0.297. The molecule has 1 amide bonds. The van der Waals surface area contributed by atoms with Gasteiger partial charge in [0.25, 0.3) is 0 Å². The third kappa shape index (κ3) is 1.86. The average molecular weight is 224 g/mol. The van der Waals surface area contributed by atoms with Crippen LogP contribution < -0.4 is 5.32 Å². The summed E-state index contributed by atoms with van der Waals surface area (Å²) >= 11 is 0. The summed E-state index contributed by atoms with van der Waals surface area (Å²) in [7, 11) is 0. The third-order valence-electron chi connectivity index (χ3n) is 4.77. The summed E-state index contributed by atoms with van der Waals surface area (Å²) in [4.78, 5) is 14.5. The Morgan fingerprint density at radius 1 is 1.50 bits per heavy atom. The molecule has 1 heterocycles. The lowest BCUT2D eigenvalue weighted by Gasteiger charge is -2.39. The second-order valence-corrected chi connectivity index (χ2v) is 5.78. The van der Waals surface area contributed by atoms with Gasteiger partial charge in [-0.1, -0.05) is 13.8 Å². The van der Waals surface area contributed by atoms with E-state index in [9.17, 15) is 4.79 Å². The van der Waals surface area contributed by atoms with Crippen LogP contribution >= 0.6 is 0 Å². The molecule has 1 aliphatic heterocycles. The van der Waals surface area contributed by atoms with Crippen molar-refractivity contribution in [3.8, 4) is 0 Å². The molecule has 2 aliphatic rings. The van der Waals surface area contributed by atoms with Crippen LogP contribution in [0.4, 0.5) is 0 Å². The number of nitrogens with one attached hydrogen (secondary N) is 1. The van der Waals surface area contributed by atoms with Gasteiger partial charge in [-0.25, -0.2) is 0 Å². The molecule has 3 heteroatoms. The molecule has 0 bridgehead atoms. The number of nitrogens with zero attached hydrogens (tertiary/aromatic N) is 1. The van der Waals surface area contributed by atoms with Gasteiger partial charge in [0.1, 0.15) is 0 Å². The van der Waals surface area contributed by atoms with Crippen molar-refractivity contribution in [2.75, 3.05) is 13.1 Å². The van der Waals surface area contributed by atoms with E-state index < -0.39 is 0 Å². The maximum atomic E-state index is 12.4. The standard InChI is InChI=1S/C13H24N2O/c1-5-13(4)8-11(13)12(16)15-7-6-14-9(2)10(15)3/h9-11,14H,5-8H2,1-4H3. The van der Waals surface area contributed by atoms with Crippen LogP contribution in [0.25, 0.3) is 0 Å². The molecule has 0 spiro atoms. The summed E-state index contributed by atoms with van der Waals surface area (Å²) in [5.41, 5.74) is 0.297. The molecule has 1 saturated carbocycles. The van der Waals surface area contributed by atoms with Crippen LogP contribution in [0.15, 0.2) is 0 Å². The normalized spacial score (nSPS) is 43.2. The van der Waals surface area contributed by atoms with E-state index in [0.29, 0.717) is 29.3 Å². The van der Waals surface area contributed by atoms with Crippen LogP contribution in [0.3, 0.4) is 0 Å². The highest BCUT2D eigenvalue weighted by Crippen LogP contribution is 2.55. The molecular weight excluding hydrogens is 200 g/mol. The van der Waals surface area contributed by atoms with Crippen LogP contribution in [-0.2, 0) is 4.79 Å². The van der Waals surface area contributed by atoms with Crippen LogP contribution in [-0.4, -0.2) is 36.0 Å². The molecular formula is C13H24N2O. The van der Waals surface area contributed by atoms with E-state index in [1.54, 1.807) is 0 Å². The van der Waals surface area contributed by atoms with Gasteiger partial charge in [-0.05, 0) is 32.1 Å². The maximum absolute atomic E-state index is 12.4. The molecule has 4 unspecified atom stereocenters. The average Bonchev–Trinajstić information content (AvgIpc) is 2.95. The number of rotatable bonds is 2. The van der Waals surface area contributed by atoms with Gasteiger partial charge in [-0.15, -0.1) is 0 Å². The fourth-order valence-electron chi connectivity index (χ4n) is 2.75. The van der Waals surface area contributed by atoms with E-state index in [0.717, 1.165) is 25.9 Å². The smallest absolute Gasteiger partial charge is 0.226 e. The molecule has 92 valence electrons. The first-order valence-corrected chi connectivity index (χ1v) is 6.53. The van der Waals surface area contributed by atoms with Crippen molar-refractivity contribution in [1.29, 1.82) is 0 Å². The number of amides is 1. The summed E-state index contributed by atoms with van der Waals surface area (Å²) < 4.78 is 0. The van der Waals surface area contributed by atoms with E-state index >= 15 is 0 Å². The summed E-state index contributed by atoms with van der Waals surface area (Å²) in [6.07, 6.45) is 2.22. The number of piperazine rings is 1. The van der Waals surface area contributed by atoms with E-state index in [1.807, 2.05) is 0 Å². The first-order chi connectivity index (χ1) is 7.49. The lowest BCUT2D eigenvalue weighted by Crippen LogP contribution is -2.57. The van der Waals surface area contributed by atoms with Crippen molar-refractivity contribution >= 4 is 5.91 Å². The van der Waals surface area contributed by atoms with E-state index in [4.69, 9.17) is 0 Å². The molecule has 0 aromatic rings. The number of hydrogen-bond acceptors (Lipinski definition) is 2. The molecule has 1 aliphatic carbocycles. The van der Waals surface area contributed by atoms with Crippen LogP contribution in [0.2, 0.25) is 0 Å². The zero-order valence-corrected chi connectivity index (χ0v) is 10.9. The van der Waals surface area contributed by atoms with Crippen LogP contribution in [0.1, 0.15) is 40.5 Å².